The number of aliphatic carboxylic acids is 1. The number of anilines is 2. The van der Waals surface area contributed by atoms with Crippen LogP contribution in [0.25, 0.3) is 0 Å². The van der Waals surface area contributed by atoms with Crippen molar-refractivity contribution in [3.8, 4) is 24.2 Å². The number of unbranched alkanes of at least 4 members (excludes halogenated alkanes) is 2. The minimum atomic E-state index is -1.28. The van der Waals surface area contributed by atoms with Gasteiger partial charge in [0.05, 0.1) is 76.5 Å². The lowest BCUT2D eigenvalue weighted by Gasteiger charge is -2.40. The number of benzene rings is 3. The number of carbonyl (C=O) groups is 10. The minimum absolute atomic E-state index is 0.00885. The smallest absolute Gasteiger partial charge is 0.309 e. The van der Waals surface area contributed by atoms with E-state index in [-0.39, 0.29) is 125 Å². The van der Waals surface area contributed by atoms with Gasteiger partial charge >= 0.3 is 11.9 Å². The number of hydrogen-bond donors (Lipinski definition) is 7. The highest BCUT2D eigenvalue weighted by molar-refractivity contribution is 7.09. The molecule has 1 saturated heterocycles. The minimum Gasteiger partial charge on any atom is -0.481 e. The molecule has 4 aromatic rings. The highest BCUT2D eigenvalue weighted by Crippen LogP contribution is 2.34. The molecule has 0 spiro atoms. The summed E-state index contributed by atoms with van der Waals surface area (Å²) in [5.74, 6) is 3.71. The van der Waals surface area contributed by atoms with Crippen LogP contribution < -0.4 is 36.8 Å². The Kier molecular flexibility index (Phi) is 37.3. The van der Waals surface area contributed by atoms with E-state index in [1.807, 2.05) is 88.2 Å². The molecule has 1 fully saturated rings. The molecule has 0 unspecified atom stereocenters. The number of nitrogens with one attached hydrogen (secondary N) is 6. The molecule has 2 aliphatic heterocycles. The number of terminal acetylenes is 1. The van der Waals surface area contributed by atoms with E-state index < -0.39 is 77.3 Å². The fourth-order valence-corrected chi connectivity index (χ4v) is 13.6. The standard InChI is InChI=1S/C82H114N10O16S/c1-13-15-16-22-40-91(80(101)74(56(7)14-2)89-77(99)67-28-21-23-39-90(67)12)68(54(3)4)50-69(108-58(9)93)79-87-65(53-109-79)76(98)86-64(51-82(10,11)81(102)103)49-59-29-33-63(34-30-59)85-75(97)57(8)84-78(100)73(55(5)6)88-71(95)37-41-104-43-45-106-47-48-107-46-44-105-42-38-83-70(94)35-36-72(96)92-52-62-26-18-17-24-60(62)31-32-61-25-19-20-27-66(61)92/h1,17-20,24-27,29-30,33-34,53-57,64,67-69,73-74H,14-16,21-23,28,35-52H2,2-12H3,(H,83,94)(H,84,100)(H,85,97)(H,86,98)(H,88,95)(H,89,99)(H,102,103)/t56-,57-,64-,67+,68+,69+,73-,74-/m0/s1. The first kappa shape index (κ1) is 88.8. The van der Waals surface area contributed by atoms with Crippen LogP contribution >= 0.6 is 11.3 Å². The number of para-hydroxylation sites is 1. The number of ether oxygens (including phenoxy) is 5. The molecule has 27 heteroatoms. The van der Waals surface area contributed by atoms with E-state index in [2.05, 4.69) is 49.7 Å². The van der Waals surface area contributed by atoms with Crippen LogP contribution in [-0.4, -0.2) is 195 Å². The summed E-state index contributed by atoms with van der Waals surface area (Å²) in [6.07, 6.45) is 9.99. The molecule has 3 aromatic carbocycles. The average Bonchev–Trinajstić information content (AvgIpc) is 1.72. The predicted molar refractivity (Wildman–Crippen MR) is 417 cm³/mol. The number of likely N-dealkylation sites (N-methyl/N-ethyl adjacent to an activating group) is 1. The first-order valence-corrected chi connectivity index (χ1v) is 39.0. The van der Waals surface area contributed by atoms with Crippen LogP contribution in [-0.2, 0) is 79.8 Å². The number of carbonyl (C=O) groups excluding carboxylic acids is 9. The quantitative estimate of drug-likeness (QED) is 0.0124. The zero-order chi connectivity index (χ0) is 79.6. The number of esters is 1. The summed E-state index contributed by atoms with van der Waals surface area (Å²) in [5.41, 5.74) is 3.08. The Hall–Kier alpha value is -9.09. The van der Waals surface area contributed by atoms with Gasteiger partial charge in [0.25, 0.3) is 5.91 Å². The van der Waals surface area contributed by atoms with Gasteiger partial charge in [-0.3, -0.25) is 52.8 Å². The molecule has 2 aliphatic rings. The van der Waals surface area contributed by atoms with Crippen LogP contribution in [0.4, 0.5) is 11.4 Å². The number of rotatable bonds is 46. The fourth-order valence-electron chi connectivity index (χ4n) is 12.8. The largest absolute Gasteiger partial charge is 0.481 e. The van der Waals surface area contributed by atoms with Crippen LogP contribution in [0.15, 0.2) is 78.2 Å². The Morgan fingerprint density at radius 3 is 2.04 bits per heavy atom. The van der Waals surface area contributed by atoms with Crippen LogP contribution in [0, 0.1) is 47.4 Å². The molecule has 7 N–H and O–H groups in total. The molecule has 594 valence electrons. The predicted octanol–water partition coefficient (Wildman–Crippen LogP) is 8.53. The topological polar surface area (TPSA) is 332 Å². The Morgan fingerprint density at radius 2 is 1.39 bits per heavy atom. The number of nitrogens with zero attached hydrogens (tertiary/aromatic N) is 4. The second-order valence-electron chi connectivity index (χ2n) is 29.2. The number of thiazole rings is 1. The number of aromatic nitrogens is 1. The molecular weight excluding hydrogens is 1410 g/mol. The average molecular weight is 1530 g/mol. The molecule has 26 nitrogen and oxygen atoms in total. The van der Waals surface area contributed by atoms with Crippen molar-refractivity contribution in [2.75, 3.05) is 89.8 Å². The molecule has 109 heavy (non-hydrogen) atoms. The van der Waals surface area contributed by atoms with Gasteiger partial charge in [-0.05, 0) is 132 Å². The van der Waals surface area contributed by atoms with E-state index in [1.54, 1.807) is 67.1 Å². The lowest BCUT2D eigenvalue weighted by atomic mass is 9.84. The molecule has 8 atom stereocenters. The van der Waals surface area contributed by atoms with Crippen molar-refractivity contribution in [3.63, 3.8) is 0 Å². The first-order chi connectivity index (χ1) is 52.1. The summed E-state index contributed by atoms with van der Waals surface area (Å²) in [5, 5.41) is 29.3. The zero-order valence-corrected chi connectivity index (χ0v) is 66.1. The van der Waals surface area contributed by atoms with E-state index in [0.29, 0.717) is 93.6 Å². The fraction of sp³-hybridized carbons (Fsp3) is 0.573. The highest BCUT2D eigenvalue weighted by atomic mass is 32.1. The van der Waals surface area contributed by atoms with Crippen molar-refractivity contribution >= 4 is 81.9 Å². The molecule has 0 bridgehead atoms. The van der Waals surface area contributed by atoms with Gasteiger partial charge in [0.2, 0.25) is 41.4 Å². The van der Waals surface area contributed by atoms with Crippen LogP contribution in [0.5, 0.6) is 0 Å². The number of hydrogen-bond acceptors (Lipinski definition) is 18. The Bertz CT molecular complexity index is 3770. The van der Waals surface area contributed by atoms with Crippen molar-refractivity contribution in [3.05, 3.63) is 111 Å². The normalized spacial score (nSPS) is 15.4. The van der Waals surface area contributed by atoms with Crippen molar-refractivity contribution in [1.82, 2.24) is 41.4 Å². The van der Waals surface area contributed by atoms with Gasteiger partial charge in [0.1, 0.15) is 28.8 Å². The summed E-state index contributed by atoms with van der Waals surface area (Å²) in [7, 11) is 1.93. The highest BCUT2D eigenvalue weighted by Gasteiger charge is 2.40. The third kappa shape index (κ3) is 29.3. The maximum Gasteiger partial charge on any atom is 0.309 e. The number of amides is 8. The van der Waals surface area contributed by atoms with Gasteiger partial charge in [-0.2, -0.15) is 0 Å². The Labute approximate surface area is 646 Å². The van der Waals surface area contributed by atoms with Crippen molar-refractivity contribution in [1.29, 1.82) is 0 Å². The number of carboxylic acid groups (broad SMARTS) is 1. The van der Waals surface area contributed by atoms with E-state index >= 15 is 4.79 Å². The third-order valence-corrected chi connectivity index (χ3v) is 20.3. The van der Waals surface area contributed by atoms with Gasteiger partial charge in [0.15, 0.2) is 6.10 Å². The maximum atomic E-state index is 15.1. The first-order valence-electron chi connectivity index (χ1n) is 38.1. The number of piperidine rings is 1. The number of carboxylic acids is 1. The molecule has 0 aliphatic carbocycles. The number of fused-ring (bicyclic) bond motifs is 2. The van der Waals surface area contributed by atoms with Crippen LogP contribution in [0.2, 0.25) is 0 Å². The Balaban J connectivity index is 0.903. The van der Waals surface area contributed by atoms with Crippen molar-refractivity contribution < 1.29 is 76.7 Å². The summed E-state index contributed by atoms with van der Waals surface area (Å²) in [6.45, 7) is 21.1. The second kappa shape index (κ2) is 45.8. The molecule has 8 amide bonds. The molecule has 1 aromatic heterocycles. The summed E-state index contributed by atoms with van der Waals surface area (Å²) in [4.78, 5) is 145. The van der Waals surface area contributed by atoms with E-state index in [0.717, 1.165) is 47.4 Å². The monoisotopic (exact) mass is 1530 g/mol. The summed E-state index contributed by atoms with van der Waals surface area (Å²) < 4.78 is 28.3. The van der Waals surface area contributed by atoms with E-state index in [4.69, 9.17) is 35.1 Å². The van der Waals surface area contributed by atoms with Gasteiger partial charge in [0, 0.05) is 86.4 Å². The van der Waals surface area contributed by atoms with Gasteiger partial charge in [-0.15, -0.1) is 23.7 Å². The molecule has 0 saturated carbocycles. The van der Waals surface area contributed by atoms with Gasteiger partial charge < -0.3 is 70.5 Å². The SMILES string of the molecule is C#CCCCCN(C(=O)[C@@H](NC(=O)[C@H]1CCCCN1C)[C@@H](C)CC)[C@H](C[C@@H](OC(C)=O)c1nc(C(=O)N[C@@H](Cc2ccc(NC(=O)[C@H](C)NC(=O)[C@@H](NC(=O)CCOCCOCCOCCOCCNC(=O)CCC(=O)N3Cc4ccccc4C#Cc4ccccc43)C(C)C)cc2)CC(C)(C)C(=O)O)cs1)C(C)C. The summed E-state index contributed by atoms with van der Waals surface area (Å²) in [6, 6.07) is 17.6. The van der Waals surface area contributed by atoms with Crippen LogP contribution in [0.3, 0.4) is 0 Å². The van der Waals surface area contributed by atoms with Crippen LogP contribution in [0.1, 0.15) is 190 Å². The van der Waals surface area contributed by atoms with Crippen molar-refractivity contribution in [2.24, 2.45) is 23.2 Å². The Morgan fingerprint density at radius 1 is 0.743 bits per heavy atom. The maximum absolute atomic E-state index is 15.1. The second-order valence-corrected chi connectivity index (χ2v) is 30.1. The number of likely N-dealkylation sites (tertiary alicyclic amines) is 1. The summed E-state index contributed by atoms with van der Waals surface area (Å²) >= 11 is 1.11. The lowest BCUT2D eigenvalue weighted by molar-refractivity contribution is -0.150. The van der Waals surface area contributed by atoms with Crippen molar-refractivity contribution in [2.45, 2.75) is 202 Å². The van der Waals surface area contributed by atoms with Gasteiger partial charge in [-0.1, -0.05) is 109 Å². The molecule has 3 heterocycles. The lowest BCUT2D eigenvalue weighted by Crippen LogP contribution is -2.59. The zero-order valence-electron chi connectivity index (χ0n) is 65.3. The molecular formula is C82H114N10O16S. The van der Waals surface area contributed by atoms with E-state index in [9.17, 15) is 48.3 Å². The molecule has 0 radical (unpaired) electrons. The third-order valence-electron chi connectivity index (χ3n) is 19.4. The van der Waals surface area contributed by atoms with Gasteiger partial charge in [-0.25, -0.2) is 4.98 Å². The molecule has 6 rings (SSSR count). The van der Waals surface area contributed by atoms with E-state index in [1.165, 1.54) is 13.8 Å².